The summed E-state index contributed by atoms with van der Waals surface area (Å²) >= 11 is 0. The van der Waals surface area contributed by atoms with Gasteiger partial charge in [0.15, 0.2) is 0 Å². The first-order valence-corrected chi connectivity index (χ1v) is 10.7. The summed E-state index contributed by atoms with van der Waals surface area (Å²) in [5.74, 6) is 0. The lowest BCUT2D eigenvalue weighted by molar-refractivity contribution is 0.249. The highest BCUT2D eigenvalue weighted by Crippen LogP contribution is 2.35. The van der Waals surface area contributed by atoms with Crippen LogP contribution in [0.15, 0.2) is 0 Å². The van der Waals surface area contributed by atoms with Crippen molar-refractivity contribution in [2.24, 2.45) is 0 Å². The standard InChI is InChI=1S/C10H26N4O6P2.ClH/c15-21(16,17)9-13-5-1-11-2-6-14(10-22(18,19)20)8-4-12-3-7-13;/h11-12H,1-10H2,(H2,15,16,17)(H2,18,19,20);1H. The molecule has 0 amide bonds. The third kappa shape index (κ3) is 13.4. The highest BCUT2D eigenvalue weighted by atomic mass is 35.5. The maximum Gasteiger partial charge on any atom is 0.339 e. The SMILES string of the molecule is Cl.O=P(O)(O)CN1CCNCCN(CP(=O)(O)O)CCNCC1. The number of halogens is 1. The van der Waals surface area contributed by atoms with Crippen LogP contribution in [0.3, 0.4) is 0 Å². The van der Waals surface area contributed by atoms with Crippen LogP contribution in [0.2, 0.25) is 0 Å². The fraction of sp³-hybridized carbons (Fsp3) is 1.00. The van der Waals surface area contributed by atoms with Crippen LogP contribution in [0.1, 0.15) is 0 Å². The first kappa shape index (κ1) is 23.4. The number of nitrogens with zero attached hydrogens (tertiary/aromatic N) is 2. The van der Waals surface area contributed by atoms with E-state index in [9.17, 15) is 9.13 Å². The number of hydrogen-bond donors (Lipinski definition) is 6. The van der Waals surface area contributed by atoms with E-state index in [1.54, 1.807) is 9.80 Å². The Bertz CT molecular complexity index is 370. The van der Waals surface area contributed by atoms with Crippen molar-refractivity contribution < 1.29 is 28.7 Å². The van der Waals surface area contributed by atoms with E-state index in [0.29, 0.717) is 52.4 Å². The predicted octanol–water partition coefficient (Wildman–Crippen LogP) is -1.52. The summed E-state index contributed by atoms with van der Waals surface area (Å²) in [6.07, 6.45) is -0.526. The first-order valence-electron chi connectivity index (χ1n) is 7.11. The van der Waals surface area contributed by atoms with Gasteiger partial charge in [-0.25, -0.2) is 0 Å². The molecule has 23 heavy (non-hydrogen) atoms. The summed E-state index contributed by atoms with van der Waals surface area (Å²) in [6.45, 7) is 4.26. The molecular weight excluding hydrogens is 370 g/mol. The molecule has 1 saturated heterocycles. The largest absolute Gasteiger partial charge is 0.339 e. The average Bonchev–Trinajstić information content (AvgIpc) is 2.31. The molecule has 0 aromatic heterocycles. The monoisotopic (exact) mass is 396 g/mol. The predicted molar refractivity (Wildman–Crippen MR) is 90.0 cm³/mol. The topological polar surface area (TPSA) is 146 Å². The van der Waals surface area contributed by atoms with Gasteiger partial charge in [-0.2, -0.15) is 0 Å². The summed E-state index contributed by atoms with van der Waals surface area (Å²) in [7, 11) is -8.14. The van der Waals surface area contributed by atoms with Gasteiger partial charge in [0.2, 0.25) is 0 Å². The third-order valence-corrected chi connectivity index (χ3v) is 4.72. The van der Waals surface area contributed by atoms with Gasteiger partial charge in [-0.15, -0.1) is 12.4 Å². The molecule has 1 fully saturated rings. The van der Waals surface area contributed by atoms with Crippen LogP contribution >= 0.6 is 27.6 Å². The minimum atomic E-state index is -4.07. The Balaban J connectivity index is 0.00000484. The fourth-order valence-corrected chi connectivity index (χ4v) is 3.83. The lowest BCUT2D eigenvalue weighted by atomic mass is 10.4. The Morgan fingerprint density at radius 3 is 1.17 bits per heavy atom. The molecule has 0 aromatic rings. The molecule has 0 bridgehead atoms. The van der Waals surface area contributed by atoms with E-state index >= 15 is 0 Å². The van der Waals surface area contributed by atoms with Crippen LogP contribution in [0.4, 0.5) is 0 Å². The van der Waals surface area contributed by atoms with E-state index in [2.05, 4.69) is 10.6 Å². The lowest BCUT2D eigenvalue weighted by Gasteiger charge is -2.26. The maximum atomic E-state index is 11.1. The van der Waals surface area contributed by atoms with Crippen LogP contribution in [0.5, 0.6) is 0 Å². The molecule has 0 spiro atoms. The molecule has 1 heterocycles. The quantitative estimate of drug-likeness (QED) is 0.310. The fourth-order valence-electron chi connectivity index (χ4n) is 2.23. The van der Waals surface area contributed by atoms with E-state index in [4.69, 9.17) is 19.6 Å². The Morgan fingerprint density at radius 2 is 0.957 bits per heavy atom. The van der Waals surface area contributed by atoms with Crippen LogP contribution in [0, 0.1) is 0 Å². The normalized spacial score (nSPS) is 21.0. The van der Waals surface area contributed by atoms with Crippen molar-refractivity contribution >= 4 is 27.6 Å². The second-order valence-corrected chi connectivity index (χ2v) is 8.57. The van der Waals surface area contributed by atoms with Crippen LogP contribution in [-0.4, -0.2) is 94.3 Å². The Kier molecular flexibility index (Phi) is 11.3. The second-order valence-electron chi connectivity index (χ2n) is 5.35. The van der Waals surface area contributed by atoms with Crippen LogP contribution in [0.25, 0.3) is 0 Å². The molecule has 0 radical (unpaired) electrons. The second kappa shape index (κ2) is 11.1. The molecular formula is C10H27ClN4O6P2. The summed E-state index contributed by atoms with van der Waals surface area (Å²) in [5, 5.41) is 6.25. The van der Waals surface area contributed by atoms with Gasteiger partial charge in [0.05, 0.1) is 0 Å². The van der Waals surface area contributed by atoms with Crippen molar-refractivity contribution in [3.05, 3.63) is 0 Å². The molecule has 0 aliphatic carbocycles. The molecule has 6 N–H and O–H groups in total. The molecule has 0 unspecified atom stereocenters. The first-order chi connectivity index (χ1) is 10.2. The molecule has 0 saturated carbocycles. The third-order valence-electron chi connectivity index (χ3n) is 3.19. The Hall–Kier alpha value is 0.430. The zero-order valence-electron chi connectivity index (χ0n) is 12.9. The van der Waals surface area contributed by atoms with Gasteiger partial charge in [0.1, 0.15) is 12.6 Å². The average molecular weight is 397 g/mol. The van der Waals surface area contributed by atoms with Crippen LogP contribution < -0.4 is 10.6 Å². The molecule has 140 valence electrons. The lowest BCUT2D eigenvalue weighted by Crippen LogP contribution is -2.43. The highest BCUT2D eigenvalue weighted by molar-refractivity contribution is 7.51. The minimum Gasteiger partial charge on any atom is -0.324 e. The van der Waals surface area contributed by atoms with Gasteiger partial charge in [-0.1, -0.05) is 0 Å². The zero-order valence-corrected chi connectivity index (χ0v) is 15.5. The summed E-state index contributed by atoms with van der Waals surface area (Å²) < 4.78 is 22.2. The van der Waals surface area contributed by atoms with Gasteiger partial charge in [0.25, 0.3) is 0 Å². The smallest absolute Gasteiger partial charge is 0.324 e. The molecule has 1 aliphatic rings. The van der Waals surface area contributed by atoms with Gasteiger partial charge in [-0.3, -0.25) is 18.9 Å². The number of rotatable bonds is 4. The van der Waals surface area contributed by atoms with Gasteiger partial charge >= 0.3 is 15.2 Å². The van der Waals surface area contributed by atoms with E-state index in [0.717, 1.165) is 0 Å². The van der Waals surface area contributed by atoms with E-state index in [1.807, 2.05) is 0 Å². The highest BCUT2D eigenvalue weighted by Gasteiger charge is 2.20. The van der Waals surface area contributed by atoms with E-state index in [-0.39, 0.29) is 25.0 Å². The number of hydrogen-bond acceptors (Lipinski definition) is 6. The molecule has 13 heteroatoms. The zero-order chi connectivity index (χ0) is 16.6. The summed E-state index contributed by atoms with van der Waals surface area (Å²) in [4.78, 5) is 39.6. The molecule has 10 nitrogen and oxygen atoms in total. The summed E-state index contributed by atoms with van der Waals surface area (Å²) in [5.41, 5.74) is 0. The minimum absolute atomic E-state index is 0. The molecule has 0 aromatic carbocycles. The van der Waals surface area contributed by atoms with Crippen molar-refractivity contribution in [3.63, 3.8) is 0 Å². The Morgan fingerprint density at radius 1 is 0.696 bits per heavy atom. The Labute approximate surface area is 142 Å². The number of nitrogens with one attached hydrogen (secondary N) is 2. The molecule has 0 atom stereocenters. The van der Waals surface area contributed by atoms with E-state index in [1.165, 1.54) is 0 Å². The van der Waals surface area contributed by atoms with Crippen LogP contribution in [-0.2, 0) is 9.13 Å². The van der Waals surface area contributed by atoms with Crippen molar-refractivity contribution in [1.29, 1.82) is 0 Å². The van der Waals surface area contributed by atoms with Crippen molar-refractivity contribution in [2.75, 3.05) is 64.9 Å². The molecule has 1 aliphatic heterocycles. The maximum absolute atomic E-state index is 11.1. The summed E-state index contributed by atoms with van der Waals surface area (Å²) in [6, 6.07) is 0. The van der Waals surface area contributed by atoms with Crippen molar-refractivity contribution in [2.45, 2.75) is 0 Å². The van der Waals surface area contributed by atoms with Crippen molar-refractivity contribution in [1.82, 2.24) is 20.4 Å². The van der Waals surface area contributed by atoms with Gasteiger partial charge in [0, 0.05) is 52.4 Å². The van der Waals surface area contributed by atoms with E-state index < -0.39 is 15.2 Å². The van der Waals surface area contributed by atoms with Crippen molar-refractivity contribution in [3.8, 4) is 0 Å². The van der Waals surface area contributed by atoms with Gasteiger partial charge < -0.3 is 30.2 Å². The van der Waals surface area contributed by atoms with Gasteiger partial charge in [-0.05, 0) is 0 Å². The molecule has 1 rings (SSSR count).